The van der Waals surface area contributed by atoms with Gasteiger partial charge in [-0.1, -0.05) is 6.07 Å². The van der Waals surface area contributed by atoms with Gasteiger partial charge in [-0.15, -0.1) is 24.0 Å². The molecule has 2 fully saturated rings. The van der Waals surface area contributed by atoms with Gasteiger partial charge in [-0.3, -0.25) is 0 Å². The van der Waals surface area contributed by atoms with E-state index >= 15 is 0 Å². The fraction of sp³-hybridized carbons (Fsp3) is 0.708. The lowest BCUT2D eigenvalue weighted by molar-refractivity contribution is -0.0367. The van der Waals surface area contributed by atoms with E-state index in [-0.39, 0.29) is 24.0 Å². The zero-order valence-electron chi connectivity index (χ0n) is 18.8. The minimum atomic E-state index is 0. The average Bonchev–Trinajstić information content (AvgIpc) is 3.30. The van der Waals surface area contributed by atoms with Crippen molar-refractivity contribution < 1.29 is 14.6 Å². The highest BCUT2D eigenvalue weighted by Crippen LogP contribution is 2.31. The van der Waals surface area contributed by atoms with Gasteiger partial charge in [0.05, 0.1) is 25.4 Å². The Morgan fingerprint density at radius 2 is 2.00 bits per heavy atom. The van der Waals surface area contributed by atoms with Crippen LogP contribution in [0.5, 0.6) is 5.75 Å². The van der Waals surface area contributed by atoms with Crippen LogP contribution < -0.4 is 5.32 Å². The second-order valence-corrected chi connectivity index (χ2v) is 8.73. The summed E-state index contributed by atoms with van der Waals surface area (Å²) in [6, 6.07) is 3.93. The highest BCUT2D eigenvalue weighted by atomic mass is 127. The molecule has 1 aromatic carbocycles. The van der Waals surface area contributed by atoms with E-state index < -0.39 is 0 Å². The summed E-state index contributed by atoms with van der Waals surface area (Å²) in [6.07, 6.45) is 9.56. The van der Waals surface area contributed by atoms with Gasteiger partial charge in [-0.05, 0) is 75.5 Å². The van der Waals surface area contributed by atoms with Crippen molar-refractivity contribution in [1.82, 2.24) is 10.2 Å². The van der Waals surface area contributed by atoms with Crippen LogP contribution >= 0.6 is 24.0 Å². The van der Waals surface area contributed by atoms with Gasteiger partial charge >= 0.3 is 0 Å². The van der Waals surface area contributed by atoms with E-state index in [4.69, 9.17) is 14.5 Å². The molecule has 2 saturated heterocycles. The number of ether oxygens (including phenoxy) is 2. The first-order valence-electron chi connectivity index (χ1n) is 11.8. The monoisotopic (exact) mass is 543 g/mol. The minimum Gasteiger partial charge on any atom is -0.508 e. The Bertz CT molecular complexity index is 729. The van der Waals surface area contributed by atoms with Crippen molar-refractivity contribution in [2.24, 2.45) is 4.99 Å². The number of rotatable bonds is 6. The zero-order valence-corrected chi connectivity index (χ0v) is 21.1. The van der Waals surface area contributed by atoms with Crippen molar-refractivity contribution in [3.63, 3.8) is 0 Å². The first-order chi connectivity index (χ1) is 14.7. The molecule has 1 atom stereocenters. The molecule has 1 unspecified atom stereocenters. The summed E-state index contributed by atoms with van der Waals surface area (Å²) in [4.78, 5) is 7.26. The highest BCUT2D eigenvalue weighted by molar-refractivity contribution is 14.0. The second kappa shape index (κ2) is 12.3. The molecule has 0 aromatic heterocycles. The lowest BCUT2D eigenvalue weighted by atomic mass is 9.88. The third-order valence-electron chi connectivity index (χ3n) is 6.63. The highest BCUT2D eigenvalue weighted by Gasteiger charge is 2.24. The van der Waals surface area contributed by atoms with Gasteiger partial charge in [0.15, 0.2) is 5.96 Å². The fourth-order valence-corrected chi connectivity index (χ4v) is 4.90. The number of halogens is 1. The van der Waals surface area contributed by atoms with E-state index in [1.165, 1.54) is 24.0 Å². The Morgan fingerprint density at radius 1 is 1.19 bits per heavy atom. The van der Waals surface area contributed by atoms with Gasteiger partial charge in [0.25, 0.3) is 0 Å². The molecular formula is C24H38IN3O3. The van der Waals surface area contributed by atoms with Gasteiger partial charge in [0, 0.05) is 31.8 Å². The molecule has 4 rings (SSSR count). The molecule has 0 radical (unpaired) electrons. The van der Waals surface area contributed by atoms with Crippen molar-refractivity contribution >= 4 is 29.9 Å². The maximum atomic E-state index is 10.5. The number of hydrogen-bond donors (Lipinski definition) is 2. The predicted molar refractivity (Wildman–Crippen MR) is 135 cm³/mol. The number of hydrogen-bond acceptors (Lipinski definition) is 4. The number of guanidine groups is 1. The Kier molecular flexibility index (Phi) is 9.72. The van der Waals surface area contributed by atoms with Crippen LogP contribution in [-0.4, -0.2) is 61.0 Å². The molecule has 0 spiro atoms. The molecule has 1 aliphatic carbocycles. The molecule has 0 bridgehead atoms. The van der Waals surface area contributed by atoms with Crippen LogP contribution in [0, 0.1) is 0 Å². The number of piperidine rings is 1. The van der Waals surface area contributed by atoms with Crippen LogP contribution in [0.25, 0.3) is 0 Å². The number of benzene rings is 1. The second-order valence-electron chi connectivity index (χ2n) is 8.73. The maximum absolute atomic E-state index is 10.5. The fourth-order valence-electron chi connectivity index (χ4n) is 4.90. The summed E-state index contributed by atoms with van der Waals surface area (Å²) in [7, 11) is 0. The third-order valence-corrected chi connectivity index (χ3v) is 6.63. The number of nitrogens with one attached hydrogen (secondary N) is 1. The van der Waals surface area contributed by atoms with Gasteiger partial charge < -0.3 is 24.8 Å². The van der Waals surface area contributed by atoms with E-state index in [0.717, 1.165) is 82.9 Å². The summed E-state index contributed by atoms with van der Waals surface area (Å²) in [5, 5.41) is 13.9. The van der Waals surface area contributed by atoms with E-state index in [0.29, 0.717) is 24.5 Å². The van der Waals surface area contributed by atoms with Crippen molar-refractivity contribution in [2.45, 2.75) is 77.0 Å². The van der Waals surface area contributed by atoms with Crippen molar-refractivity contribution in [2.75, 3.05) is 32.8 Å². The van der Waals surface area contributed by atoms with Crippen molar-refractivity contribution in [3.8, 4) is 5.75 Å². The number of nitrogens with zero attached hydrogens (tertiary/aromatic N) is 2. The van der Waals surface area contributed by atoms with Crippen molar-refractivity contribution in [1.29, 1.82) is 0 Å². The van der Waals surface area contributed by atoms with Gasteiger partial charge in [-0.25, -0.2) is 4.99 Å². The lowest BCUT2D eigenvalue weighted by Gasteiger charge is -2.34. The third kappa shape index (κ3) is 6.48. The molecule has 2 N–H and O–H groups in total. The van der Waals surface area contributed by atoms with Gasteiger partial charge in [-0.2, -0.15) is 0 Å². The maximum Gasteiger partial charge on any atom is 0.194 e. The molecule has 2 aliphatic heterocycles. The molecule has 1 aromatic rings. The van der Waals surface area contributed by atoms with Crippen LogP contribution in [0.1, 0.15) is 62.1 Å². The Morgan fingerprint density at radius 3 is 2.74 bits per heavy atom. The van der Waals surface area contributed by atoms with E-state index in [1.807, 2.05) is 6.07 Å². The standard InChI is InChI=1S/C24H37N3O3.HI/c1-2-25-24(26-16-22-21-8-4-3-6-18(21)9-10-23(22)28)27-13-11-19(12-14-27)30-17-20-7-5-15-29-20;/h9-10,19-20,28H,2-8,11-17H2,1H3,(H,25,26);1H. The molecule has 31 heavy (non-hydrogen) atoms. The number of aromatic hydroxyl groups is 1. The zero-order chi connectivity index (χ0) is 20.8. The number of aryl methyl sites for hydroxylation is 1. The molecule has 174 valence electrons. The molecule has 3 aliphatic rings. The summed E-state index contributed by atoms with van der Waals surface area (Å²) < 4.78 is 11.8. The van der Waals surface area contributed by atoms with Crippen LogP contribution in [-0.2, 0) is 28.9 Å². The number of likely N-dealkylation sites (tertiary alicyclic amines) is 1. The SMILES string of the molecule is CCNC(=NCc1c(O)ccc2c1CCCC2)N1CCC(OCC2CCCO2)CC1.I. The summed E-state index contributed by atoms with van der Waals surface area (Å²) in [5.74, 6) is 1.33. The topological polar surface area (TPSA) is 66.3 Å². The van der Waals surface area contributed by atoms with Gasteiger partial charge in [0.1, 0.15) is 5.75 Å². The Balaban J connectivity index is 0.00000272. The lowest BCUT2D eigenvalue weighted by Crippen LogP contribution is -2.47. The first-order valence-corrected chi connectivity index (χ1v) is 11.8. The number of aliphatic imine (C=N–C) groups is 1. The molecule has 2 heterocycles. The number of phenols is 1. The van der Waals surface area contributed by atoms with E-state index in [2.05, 4.69) is 23.2 Å². The van der Waals surface area contributed by atoms with Gasteiger partial charge in [0.2, 0.25) is 0 Å². The molecule has 0 amide bonds. The van der Waals surface area contributed by atoms with Crippen LogP contribution in [0.3, 0.4) is 0 Å². The normalized spacial score (nSPS) is 22.2. The Labute approximate surface area is 203 Å². The van der Waals surface area contributed by atoms with E-state index in [9.17, 15) is 5.11 Å². The van der Waals surface area contributed by atoms with Crippen molar-refractivity contribution in [3.05, 3.63) is 28.8 Å². The van der Waals surface area contributed by atoms with Crippen LogP contribution in [0.4, 0.5) is 0 Å². The molecule has 0 saturated carbocycles. The summed E-state index contributed by atoms with van der Waals surface area (Å²) in [6.45, 7) is 6.99. The smallest absolute Gasteiger partial charge is 0.194 e. The molecule has 6 nitrogen and oxygen atoms in total. The minimum absolute atomic E-state index is 0. The summed E-state index contributed by atoms with van der Waals surface area (Å²) in [5.41, 5.74) is 3.72. The van der Waals surface area contributed by atoms with Crippen LogP contribution in [0.15, 0.2) is 17.1 Å². The Hall–Kier alpha value is -1.06. The molecular weight excluding hydrogens is 505 g/mol. The van der Waals surface area contributed by atoms with Crippen LogP contribution in [0.2, 0.25) is 0 Å². The molecule has 7 heteroatoms. The number of fused-ring (bicyclic) bond motifs is 1. The largest absolute Gasteiger partial charge is 0.508 e. The summed E-state index contributed by atoms with van der Waals surface area (Å²) >= 11 is 0. The number of phenolic OH excluding ortho intramolecular Hbond substituents is 1. The quantitative estimate of drug-likeness (QED) is 0.323. The first kappa shape index (κ1) is 24.6. The van der Waals surface area contributed by atoms with E-state index in [1.54, 1.807) is 0 Å². The predicted octanol–water partition coefficient (Wildman–Crippen LogP) is 4.01. The average molecular weight is 543 g/mol.